The van der Waals surface area contributed by atoms with Gasteiger partial charge in [0.25, 0.3) is 0 Å². The molecule has 11 heteroatoms. The summed E-state index contributed by atoms with van der Waals surface area (Å²) in [5.41, 5.74) is 0.174. The van der Waals surface area contributed by atoms with Gasteiger partial charge in [0.2, 0.25) is 20.1 Å². The zero-order valence-corrected chi connectivity index (χ0v) is 15.7. The maximum absolute atomic E-state index is 14.2. The minimum atomic E-state index is -3.96. The first kappa shape index (κ1) is 18.4. The Labute approximate surface area is 156 Å². The SMILES string of the molecule is CN(Cc1cc(-c2cccnc2F)c(S(=O)(=O)c2nccs2)s1)C(=O)O. The molecule has 1 amide bonds. The fourth-order valence-electron chi connectivity index (χ4n) is 2.20. The van der Waals surface area contributed by atoms with E-state index in [1.165, 1.54) is 43.0 Å². The third-order valence-corrected chi connectivity index (χ3v) is 8.01. The van der Waals surface area contributed by atoms with Gasteiger partial charge in [-0.15, -0.1) is 22.7 Å². The average Bonchev–Trinajstić information content (AvgIpc) is 3.25. The monoisotopic (exact) mass is 413 g/mol. The molecule has 3 aromatic rings. The number of amides is 1. The summed E-state index contributed by atoms with van der Waals surface area (Å²) in [5, 5.41) is 10.6. The van der Waals surface area contributed by atoms with Gasteiger partial charge in [-0.1, -0.05) is 0 Å². The van der Waals surface area contributed by atoms with Crippen molar-refractivity contribution in [2.45, 2.75) is 15.1 Å². The number of rotatable bonds is 5. The summed E-state index contributed by atoms with van der Waals surface area (Å²) >= 11 is 1.85. The number of thiazole rings is 1. The quantitative estimate of drug-likeness (QED) is 0.644. The molecule has 0 bridgehead atoms. The van der Waals surface area contributed by atoms with Crippen molar-refractivity contribution in [2.75, 3.05) is 7.05 Å². The van der Waals surface area contributed by atoms with Gasteiger partial charge in [0, 0.05) is 40.8 Å². The van der Waals surface area contributed by atoms with Crippen LogP contribution in [-0.2, 0) is 16.4 Å². The van der Waals surface area contributed by atoms with Crippen LogP contribution in [0, 0.1) is 5.95 Å². The number of nitrogens with zero attached hydrogens (tertiary/aromatic N) is 3. The summed E-state index contributed by atoms with van der Waals surface area (Å²) in [7, 11) is -2.60. The average molecular weight is 413 g/mol. The number of hydrogen-bond donors (Lipinski definition) is 1. The normalized spacial score (nSPS) is 11.5. The summed E-state index contributed by atoms with van der Waals surface area (Å²) < 4.78 is 39.8. The highest BCUT2D eigenvalue weighted by atomic mass is 32.3. The van der Waals surface area contributed by atoms with Crippen molar-refractivity contribution in [1.29, 1.82) is 0 Å². The number of carbonyl (C=O) groups is 1. The molecule has 136 valence electrons. The Kier molecular flexibility index (Phi) is 5.03. The van der Waals surface area contributed by atoms with Crippen LogP contribution >= 0.6 is 22.7 Å². The molecule has 0 unspecified atom stereocenters. The van der Waals surface area contributed by atoms with Crippen LogP contribution in [0.4, 0.5) is 9.18 Å². The number of carboxylic acid groups (broad SMARTS) is 1. The van der Waals surface area contributed by atoms with Crippen molar-refractivity contribution >= 4 is 38.6 Å². The van der Waals surface area contributed by atoms with Crippen molar-refractivity contribution in [1.82, 2.24) is 14.9 Å². The van der Waals surface area contributed by atoms with Crippen LogP contribution < -0.4 is 0 Å². The van der Waals surface area contributed by atoms with E-state index in [1.807, 2.05) is 0 Å². The predicted molar refractivity (Wildman–Crippen MR) is 94.6 cm³/mol. The molecule has 1 N–H and O–H groups in total. The van der Waals surface area contributed by atoms with Gasteiger partial charge < -0.3 is 10.0 Å². The lowest BCUT2D eigenvalue weighted by Crippen LogP contribution is -2.23. The summed E-state index contributed by atoms with van der Waals surface area (Å²) in [6, 6.07) is 4.40. The minimum Gasteiger partial charge on any atom is -0.465 e. The molecule has 3 rings (SSSR count). The van der Waals surface area contributed by atoms with Crippen LogP contribution in [0.15, 0.2) is 44.5 Å². The summed E-state index contributed by atoms with van der Waals surface area (Å²) in [4.78, 5) is 19.9. The molecule has 3 heterocycles. The van der Waals surface area contributed by atoms with E-state index < -0.39 is 21.9 Å². The van der Waals surface area contributed by atoms with Gasteiger partial charge in [0.15, 0.2) is 0 Å². The topological polar surface area (TPSA) is 100 Å². The van der Waals surface area contributed by atoms with E-state index >= 15 is 0 Å². The highest BCUT2D eigenvalue weighted by Crippen LogP contribution is 2.39. The lowest BCUT2D eigenvalue weighted by Gasteiger charge is -2.10. The molecule has 0 fully saturated rings. The molecule has 3 aromatic heterocycles. The Hall–Kier alpha value is -2.37. The molecule has 0 radical (unpaired) electrons. The Balaban J connectivity index is 2.17. The second kappa shape index (κ2) is 7.09. The molecular weight excluding hydrogens is 401 g/mol. The second-order valence-electron chi connectivity index (χ2n) is 5.20. The standard InChI is InChI=1S/C15H12FN3O4S3/c1-19(15(20)21)8-9-7-11(10-3-2-4-17-12(10)16)13(25-9)26(22,23)14-18-5-6-24-14/h2-7H,8H2,1H3,(H,20,21). The van der Waals surface area contributed by atoms with Gasteiger partial charge in [-0.3, -0.25) is 0 Å². The van der Waals surface area contributed by atoms with Gasteiger partial charge in [-0.25, -0.2) is 23.2 Å². The smallest absolute Gasteiger partial charge is 0.407 e. The number of thiophene rings is 1. The van der Waals surface area contributed by atoms with E-state index in [9.17, 15) is 17.6 Å². The van der Waals surface area contributed by atoms with Gasteiger partial charge in [-0.05, 0) is 18.2 Å². The van der Waals surface area contributed by atoms with Gasteiger partial charge >= 0.3 is 6.09 Å². The molecule has 0 aliphatic rings. The first-order valence-corrected chi connectivity index (χ1v) is 10.3. The Morgan fingerprint density at radius 1 is 1.31 bits per heavy atom. The van der Waals surface area contributed by atoms with E-state index in [0.717, 1.165) is 27.6 Å². The molecule has 0 atom stereocenters. The van der Waals surface area contributed by atoms with Gasteiger partial charge in [-0.2, -0.15) is 4.39 Å². The van der Waals surface area contributed by atoms with Crippen molar-refractivity contribution in [2.24, 2.45) is 0 Å². The van der Waals surface area contributed by atoms with Gasteiger partial charge in [0.05, 0.1) is 6.54 Å². The predicted octanol–water partition coefficient (Wildman–Crippen LogP) is 3.35. The Bertz CT molecular complexity index is 1050. The van der Waals surface area contributed by atoms with Crippen LogP contribution in [0.25, 0.3) is 11.1 Å². The van der Waals surface area contributed by atoms with Crippen LogP contribution in [0.2, 0.25) is 0 Å². The van der Waals surface area contributed by atoms with Crippen LogP contribution in [0.3, 0.4) is 0 Å². The summed E-state index contributed by atoms with van der Waals surface area (Å²) in [6.45, 7) is -0.0255. The fraction of sp³-hybridized carbons (Fsp3) is 0.133. The third-order valence-electron chi connectivity index (χ3n) is 3.40. The lowest BCUT2D eigenvalue weighted by molar-refractivity contribution is 0.154. The van der Waals surface area contributed by atoms with Crippen molar-refractivity contribution in [3.63, 3.8) is 0 Å². The molecule has 7 nitrogen and oxygen atoms in total. The van der Waals surface area contributed by atoms with Crippen LogP contribution in [-0.4, -0.2) is 41.5 Å². The van der Waals surface area contributed by atoms with E-state index in [1.54, 1.807) is 0 Å². The highest BCUT2D eigenvalue weighted by molar-refractivity contribution is 7.95. The number of hydrogen-bond acceptors (Lipinski definition) is 7. The molecule has 0 spiro atoms. The zero-order chi connectivity index (χ0) is 18.9. The maximum atomic E-state index is 14.2. The largest absolute Gasteiger partial charge is 0.465 e. The van der Waals surface area contributed by atoms with E-state index in [0.29, 0.717) is 4.88 Å². The highest BCUT2D eigenvalue weighted by Gasteiger charge is 2.29. The van der Waals surface area contributed by atoms with Crippen molar-refractivity contribution in [3.05, 3.63) is 46.8 Å². The Morgan fingerprint density at radius 3 is 2.69 bits per heavy atom. The molecule has 26 heavy (non-hydrogen) atoms. The summed E-state index contributed by atoms with van der Waals surface area (Å²) in [5.74, 6) is -0.806. The molecule has 0 saturated carbocycles. The van der Waals surface area contributed by atoms with Crippen molar-refractivity contribution in [3.8, 4) is 11.1 Å². The lowest BCUT2D eigenvalue weighted by atomic mass is 10.1. The number of pyridine rings is 1. The Morgan fingerprint density at radius 2 is 2.08 bits per heavy atom. The first-order chi connectivity index (χ1) is 12.3. The minimum absolute atomic E-state index is 0.0255. The zero-order valence-electron chi connectivity index (χ0n) is 13.3. The fourth-order valence-corrected chi connectivity index (χ4v) is 6.41. The van der Waals surface area contributed by atoms with Crippen LogP contribution in [0.5, 0.6) is 0 Å². The summed E-state index contributed by atoms with van der Waals surface area (Å²) in [6.07, 6.45) is 1.48. The first-order valence-electron chi connectivity index (χ1n) is 7.13. The number of aromatic nitrogens is 2. The number of sulfone groups is 1. The molecular formula is C15H12FN3O4S3. The molecule has 0 saturated heterocycles. The van der Waals surface area contributed by atoms with E-state index in [4.69, 9.17) is 5.11 Å². The second-order valence-corrected chi connectivity index (χ2v) is 9.55. The van der Waals surface area contributed by atoms with Crippen molar-refractivity contribution < 1.29 is 22.7 Å². The van der Waals surface area contributed by atoms with E-state index in [2.05, 4.69) is 9.97 Å². The third kappa shape index (κ3) is 3.45. The number of halogens is 1. The molecule has 0 aliphatic carbocycles. The van der Waals surface area contributed by atoms with Gasteiger partial charge in [0.1, 0.15) is 4.21 Å². The molecule has 0 aromatic carbocycles. The maximum Gasteiger partial charge on any atom is 0.407 e. The van der Waals surface area contributed by atoms with Crippen LogP contribution in [0.1, 0.15) is 4.88 Å². The van der Waals surface area contributed by atoms with E-state index in [-0.39, 0.29) is 26.2 Å². The molecule has 0 aliphatic heterocycles.